The average molecular weight is 385 g/mol. The van der Waals surface area contributed by atoms with Crippen molar-refractivity contribution >= 4 is 53.2 Å². The molecular formula is C12H20N2O4S4. The molecule has 0 spiro atoms. The van der Waals surface area contributed by atoms with Crippen LogP contribution in [-0.2, 0) is 19.1 Å². The Morgan fingerprint density at radius 3 is 1.36 bits per heavy atom. The number of carbonyl (C=O) groups excluding carboxylic acids is 2. The molecule has 0 aromatic heterocycles. The summed E-state index contributed by atoms with van der Waals surface area (Å²) >= 11 is 0. The molecule has 10 heteroatoms. The second-order valence-electron chi connectivity index (χ2n) is 3.77. The highest BCUT2D eigenvalue weighted by molar-refractivity contribution is 9.27. The maximum Gasteiger partial charge on any atom is 0.347 e. The van der Waals surface area contributed by atoms with E-state index in [1.165, 1.54) is 41.2 Å². The maximum atomic E-state index is 11.7. The first kappa shape index (κ1) is 21.4. The van der Waals surface area contributed by atoms with Gasteiger partial charge in [-0.25, -0.2) is 9.59 Å². The minimum Gasteiger partial charge on any atom is -0.462 e. The second kappa shape index (κ2) is 11.9. The van der Waals surface area contributed by atoms with Crippen LogP contribution in [0.1, 0.15) is 27.7 Å². The Labute approximate surface area is 145 Å². The molecule has 0 rings (SSSR count). The van der Waals surface area contributed by atoms with Gasteiger partial charge >= 0.3 is 11.9 Å². The van der Waals surface area contributed by atoms with Crippen LogP contribution in [0.5, 0.6) is 0 Å². The number of hydrogen-bond acceptors (Lipinski definition) is 10. The van der Waals surface area contributed by atoms with Gasteiger partial charge in [-0.2, -0.15) is 0 Å². The van der Waals surface area contributed by atoms with E-state index in [1.807, 2.05) is 0 Å². The Kier molecular flexibility index (Phi) is 11.6. The summed E-state index contributed by atoms with van der Waals surface area (Å²) in [5.41, 5.74) is 12.1. The van der Waals surface area contributed by atoms with Crippen LogP contribution in [0.25, 0.3) is 0 Å². The monoisotopic (exact) mass is 384 g/mol. The zero-order valence-corrected chi connectivity index (χ0v) is 16.1. The number of hydrogen-bond donors (Lipinski definition) is 2. The van der Waals surface area contributed by atoms with Crippen molar-refractivity contribution in [3.05, 3.63) is 21.2 Å². The molecule has 6 nitrogen and oxygen atoms in total. The second-order valence-corrected chi connectivity index (χ2v) is 9.46. The predicted molar refractivity (Wildman–Crippen MR) is 97.4 cm³/mol. The molecule has 0 aliphatic heterocycles. The van der Waals surface area contributed by atoms with E-state index in [4.69, 9.17) is 20.9 Å². The fraction of sp³-hybridized carbons (Fsp3) is 0.500. The lowest BCUT2D eigenvalue weighted by Gasteiger charge is -2.09. The maximum absolute atomic E-state index is 11.7. The number of nitrogens with two attached hydrogens (primary N) is 2. The molecule has 0 radical (unpaired) electrons. The smallest absolute Gasteiger partial charge is 0.347 e. The van der Waals surface area contributed by atoms with E-state index in [2.05, 4.69) is 0 Å². The van der Waals surface area contributed by atoms with Gasteiger partial charge in [0.15, 0.2) is 0 Å². The zero-order chi connectivity index (χ0) is 17.1. The molecule has 0 atom stereocenters. The summed E-state index contributed by atoms with van der Waals surface area (Å²) in [5.74, 6) is -0.913. The zero-order valence-electron chi connectivity index (χ0n) is 12.8. The highest BCUT2D eigenvalue weighted by Gasteiger charge is 2.17. The van der Waals surface area contributed by atoms with E-state index < -0.39 is 11.9 Å². The lowest BCUT2D eigenvalue weighted by molar-refractivity contribution is -0.138. The Balaban J connectivity index is 4.51. The van der Waals surface area contributed by atoms with Crippen molar-refractivity contribution in [2.24, 2.45) is 11.5 Å². The molecule has 0 aromatic carbocycles. The van der Waals surface area contributed by atoms with Crippen LogP contribution in [0.15, 0.2) is 21.2 Å². The largest absolute Gasteiger partial charge is 0.462 e. The first-order valence-electron chi connectivity index (χ1n) is 6.29. The SMILES string of the molecule is CCOC(=O)/C(SSSS/C(C(=O)OCC)=C(\C)N)=C(/C)N. The molecule has 0 heterocycles. The van der Waals surface area contributed by atoms with Gasteiger partial charge in [0, 0.05) is 11.4 Å². The van der Waals surface area contributed by atoms with E-state index in [-0.39, 0.29) is 13.2 Å². The summed E-state index contributed by atoms with van der Waals surface area (Å²) in [7, 11) is 4.93. The van der Waals surface area contributed by atoms with Gasteiger partial charge in [0.25, 0.3) is 0 Å². The fourth-order valence-corrected chi connectivity index (χ4v) is 6.72. The third-order valence-corrected chi connectivity index (χ3v) is 8.20. The van der Waals surface area contributed by atoms with Crippen LogP contribution in [0.4, 0.5) is 0 Å². The summed E-state index contributed by atoms with van der Waals surface area (Å²) in [6.07, 6.45) is 0. The summed E-state index contributed by atoms with van der Waals surface area (Å²) in [4.78, 5) is 24.1. The van der Waals surface area contributed by atoms with E-state index in [0.717, 1.165) is 0 Å². The third-order valence-electron chi connectivity index (χ3n) is 1.90. The van der Waals surface area contributed by atoms with Crippen molar-refractivity contribution in [1.82, 2.24) is 0 Å². The number of carbonyl (C=O) groups is 2. The molecule has 0 fully saturated rings. The van der Waals surface area contributed by atoms with Gasteiger partial charge in [-0.15, -0.1) is 0 Å². The molecule has 0 unspecified atom stereocenters. The van der Waals surface area contributed by atoms with Gasteiger partial charge in [-0.3, -0.25) is 0 Å². The number of rotatable bonds is 9. The Morgan fingerprint density at radius 2 is 1.14 bits per heavy atom. The van der Waals surface area contributed by atoms with Crippen LogP contribution in [0.3, 0.4) is 0 Å². The molecular weight excluding hydrogens is 364 g/mol. The molecule has 4 N–H and O–H groups in total. The van der Waals surface area contributed by atoms with E-state index >= 15 is 0 Å². The Bertz CT molecular complexity index is 416. The van der Waals surface area contributed by atoms with Crippen molar-refractivity contribution in [2.45, 2.75) is 27.7 Å². The van der Waals surface area contributed by atoms with E-state index in [1.54, 1.807) is 27.7 Å². The number of allylic oxidation sites excluding steroid dienone is 2. The molecule has 0 saturated heterocycles. The van der Waals surface area contributed by atoms with Crippen LogP contribution >= 0.6 is 41.2 Å². The summed E-state index contributed by atoms with van der Waals surface area (Å²) < 4.78 is 9.84. The first-order valence-corrected chi connectivity index (χ1v) is 11.1. The van der Waals surface area contributed by atoms with Gasteiger partial charge in [-0.1, -0.05) is 0 Å². The highest BCUT2D eigenvalue weighted by atomic mass is 33.7. The quantitative estimate of drug-likeness (QED) is 0.266. The Morgan fingerprint density at radius 1 is 0.818 bits per heavy atom. The Hall–Kier alpha value is -0.580. The van der Waals surface area contributed by atoms with Crippen molar-refractivity contribution in [3.8, 4) is 0 Å². The summed E-state index contributed by atoms with van der Waals surface area (Å²) in [6, 6.07) is 0. The number of esters is 2. The van der Waals surface area contributed by atoms with Crippen LogP contribution in [0.2, 0.25) is 0 Å². The van der Waals surface area contributed by atoms with Gasteiger partial charge in [-0.05, 0) is 68.9 Å². The standard InChI is InChI=1S/C12H20N2O4S4/c1-5-17-11(15)9(7(3)13)19-21-22-20-10(8(4)14)12(16)18-6-2/h5-6,13-14H2,1-4H3/b9-7+,10-8+. The van der Waals surface area contributed by atoms with Crippen molar-refractivity contribution in [3.63, 3.8) is 0 Å². The van der Waals surface area contributed by atoms with Crippen molar-refractivity contribution < 1.29 is 19.1 Å². The first-order chi connectivity index (χ1) is 10.3. The lowest BCUT2D eigenvalue weighted by Crippen LogP contribution is -2.10. The molecule has 0 aliphatic carbocycles. The van der Waals surface area contributed by atoms with Crippen molar-refractivity contribution in [1.29, 1.82) is 0 Å². The average Bonchev–Trinajstić information content (AvgIpc) is 2.42. The van der Waals surface area contributed by atoms with Crippen LogP contribution in [-0.4, -0.2) is 25.2 Å². The van der Waals surface area contributed by atoms with Gasteiger partial charge in [0.2, 0.25) is 0 Å². The molecule has 0 saturated carbocycles. The van der Waals surface area contributed by atoms with Crippen LogP contribution < -0.4 is 11.5 Å². The molecule has 126 valence electrons. The predicted octanol–water partition coefficient (Wildman–Crippen LogP) is 3.17. The lowest BCUT2D eigenvalue weighted by atomic mass is 10.4. The minimum absolute atomic E-state index is 0.283. The molecule has 22 heavy (non-hydrogen) atoms. The van der Waals surface area contributed by atoms with E-state index in [0.29, 0.717) is 21.2 Å². The molecule has 0 aliphatic rings. The summed E-state index contributed by atoms with van der Waals surface area (Å²) in [5, 5.41) is 0. The van der Waals surface area contributed by atoms with Crippen molar-refractivity contribution in [2.75, 3.05) is 13.2 Å². The third kappa shape index (κ3) is 8.16. The van der Waals surface area contributed by atoms with Gasteiger partial charge in [0.05, 0.1) is 13.2 Å². The highest BCUT2D eigenvalue weighted by Crippen LogP contribution is 2.49. The van der Waals surface area contributed by atoms with E-state index in [9.17, 15) is 9.59 Å². The van der Waals surface area contributed by atoms with Crippen LogP contribution in [0, 0.1) is 0 Å². The number of ether oxygens (including phenoxy) is 2. The molecule has 0 aromatic rings. The van der Waals surface area contributed by atoms with Gasteiger partial charge in [0.1, 0.15) is 9.81 Å². The molecule has 0 amide bonds. The minimum atomic E-state index is -0.457. The fourth-order valence-electron chi connectivity index (χ4n) is 1.01. The summed E-state index contributed by atoms with van der Waals surface area (Å²) in [6.45, 7) is 7.28. The molecule has 0 bridgehead atoms. The normalized spacial score (nSPS) is 13.1. The topological polar surface area (TPSA) is 105 Å². The van der Waals surface area contributed by atoms with Gasteiger partial charge < -0.3 is 20.9 Å².